The molecule has 0 aliphatic rings. The fourth-order valence-corrected chi connectivity index (χ4v) is 2.53. The monoisotopic (exact) mass is 306 g/mol. The second kappa shape index (κ2) is 7.36. The summed E-state index contributed by atoms with van der Waals surface area (Å²) in [5.74, 6) is 0.216. The van der Waals surface area contributed by atoms with Gasteiger partial charge < -0.3 is 0 Å². The van der Waals surface area contributed by atoms with Gasteiger partial charge in [0.25, 0.3) is 0 Å². The summed E-state index contributed by atoms with van der Waals surface area (Å²) in [7, 11) is 0. The Kier molecular flexibility index (Phi) is 5.49. The zero-order chi connectivity index (χ0) is 17.0. The molecule has 120 valence electrons. The Hall–Kier alpha value is -2.22. The topological polar surface area (TPSA) is 24.7 Å². The van der Waals surface area contributed by atoms with E-state index < -0.39 is 0 Å². The van der Waals surface area contributed by atoms with Gasteiger partial charge in [-0.25, -0.2) is 0 Å². The first-order chi connectivity index (χ1) is 10.9. The Morgan fingerprint density at radius 3 is 1.87 bits per heavy atom. The van der Waals surface area contributed by atoms with Gasteiger partial charge in [0.15, 0.2) is 0 Å². The van der Waals surface area contributed by atoms with Crippen molar-refractivity contribution in [3.63, 3.8) is 0 Å². The summed E-state index contributed by atoms with van der Waals surface area (Å²) in [6.07, 6.45) is 0. The normalized spacial score (nSPS) is 14.0. The lowest BCUT2D eigenvalue weighted by Gasteiger charge is -2.13. The minimum Gasteiger partial charge on any atom is -0.257 e. The van der Waals surface area contributed by atoms with E-state index in [2.05, 4.69) is 71.9 Å². The van der Waals surface area contributed by atoms with Crippen molar-refractivity contribution < 1.29 is 0 Å². The lowest BCUT2D eigenvalue weighted by molar-refractivity contribution is 1.03. The van der Waals surface area contributed by atoms with Crippen molar-refractivity contribution in [2.75, 3.05) is 0 Å². The molecule has 0 saturated carbocycles. The second-order valence-corrected chi connectivity index (χ2v) is 6.25. The third-order valence-electron chi connectivity index (χ3n) is 4.39. The highest BCUT2D eigenvalue weighted by molar-refractivity contribution is 6.06. The first kappa shape index (κ1) is 17.1. The molecule has 0 amide bonds. The molecule has 1 atom stereocenters. The molecule has 0 heterocycles. The summed E-state index contributed by atoms with van der Waals surface area (Å²) >= 11 is 0. The molecule has 0 unspecified atom stereocenters. The molecule has 2 aromatic rings. The number of hydrogen-bond donors (Lipinski definition) is 0. The summed E-state index contributed by atoms with van der Waals surface area (Å²) in [6.45, 7) is 12.7. The maximum absolute atomic E-state index is 4.88. The Morgan fingerprint density at radius 2 is 1.26 bits per heavy atom. The molecule has 23 heavy (non-hydrogen) atoms. The van der Waals surface area contributed by atoms with Crippen molar-refractivity contribution in [3.05, 3.63) is 59.2 Å². The van der Waals surface area contributed by atoms with Gasteiger partial charge in [0.2, 0.25) is 0 Å². The number of rotatable bonds is 4. The molecule has 2 rings (SSSR count). The zero-order valence-electron chi connectivity index (χ0n) is 15.0. The van der Waals surface area contributed by atoms with Crippen molar-refractivity contribution in [1.29, 1.82) is 0 Å². The van der Waals surface area contributed by atoms with E-state index in [1.807, 2.05) is 12.1 Å². The standard InChI is InChI=1S/C21H26N2/c1-14-10-7-8-13-20(14)22-18(5)17(4)19(6)23-21-15(2)11-9-12-16(21)3/h7-13,17H,1-6H3/t17-/m0/s1. The van der Waals surface area contributed by atoms with Crippen LogP contribution in [0, 0.1) is 26.7 Å². The van der Waals surface area contributed by atoms with Crippen molar-refractivity contribution >= 4 is 22.8 Å². The molecule has 0 aromatic heterocycles. The van der Waals surface area contributed by atoms with Gasteiger partial charge in [-0.05, 0) is 57.4 Å². The van der Waals surface area contributed by atoms with Crippen molar-refractivity contribution in [2.24, 2.45) is 15.9 Å². The molecular weight excluding hydrogens is 280 g/mol. The highest BCUT2D eigenvalue weighted by Crippen LogP contribution is 2.25. The van der Waals surface area contributed by atoms with Gasteiger partial charge >= 0.3 is 0 Å². The maximum atomic E-state index is 4.88. The number of aryl methyl sites for hydroxylation is 3. The summed E-state index contributed by atoms with van der Waals surface area (Å²) in [5, 5.41) is 0. The van der Waals surface area contributed by atoms with E-state index in [9.17, 15) is 0 Å². The number of hydrogen-bond acceptors (Lipinski definition) is 2. The first-order valence-electron chi connectivity index (χ1n) is 8.12. The molecule has 0 spiro atoms. The Labute approximate surface area is 140 Å². The average Bonchev–Trinajstić information content (AvgIpc) is 2.52. The summed E-state index contributed by atoms with van der Waals surface area (Å²) in [5.41, 5.74) is 7.93. The molecule has 2 heteroatoms. The molecule has 0 aliphatic carbocycles. The van der Waals surface area contributed by atoms with Crippen molar-refractivity contribution in [3.8, 4) is 0 Å². The third-order valence-corrected chi connectivity index (χ3v) is 4.39. The van der Waals surface area contributed by atoms with E-state index in [4.69, 9.17) is 9.98 Å². The first-order valence-corrected chi connectivity index (χ1v) is 8.12. The van der Waals surface area contributed by atoms with E-state index >= 15 is 0 Å². The molecule has 0 bridgehead atoms. The fraction of sp³-hybridized carbons (Fsp3) is 0.333. The molecule has 0 radical (unpaired) electrons. The van der Waals surface area contributed by atoms with Crippen LogP contribution >= 0.6 is 0 Å². The molecule has 0 aliphatic heterocycles. The van der Waals surface area contributed by atoms with E-state index in [0.29, 0.717) is 0 Å². The highest BCUT2D eigenvalue weighted by atomic mass is 14.8. The van der Waals surface area contributed by atoms with E-state index in [-0.39, 0.29) is 5.92 Å². The van der Waals surface area contributed by atoms with Crippen LogP contribution < -0.4 is 0 Å². The average molecular weight is 306 g/mol. The minimum atomic E-state index is 0.216. The largest absolute Gasteiger partial charge is 0.257 e. The van der Waals surface area contributed by atoms with Crippen molar-refractivity contribution in [1.82, 2.24) is 0 Å². The van der Waals surface area contributed by atoms with E-state index in [1.165, 1.54) is 16.7 Å². The Bertz CT molecular complexity index is 734. The van der Waals surface area contributed by atoms with Crippen LogP contribution in [0.1, 0.15) is 37.5 Å². The molecular formula is C21H26N2. The molecule has 2 aromatic carbocycles. The van der Waals surface area contributed by atoms with Crippen molar-refractivity contribution in [2.45, 2.75) is 41.5 Å². The van der Waals surface area contributed by atoms with Crippen LogP contribution in [-0.4, -0.2) is 11.4 Å². The molecule has 0 N–H and O–H groups in total. The highest BCUT2D eigenvalue weighted by Gasteiger charge is 2.11. The zero-order valence-corrected chi connectivity index (χ0v) is 15.0. The quantitative estimate of drug-likeness (QED) is 0.607. The molecule has 0 saturated heterocycles. The van der Waals surface area contributed by atoms with Gasteiger partial charge in [0.1, 0.15) is 0 Å². The fourth-order valence-electron chi connectivity index (χ4n) is 2.53. The summed E-state index contributed by atoms with van der Waals surface area (Å²) < 4.78 is 0. The smallest absolute Gasteiger partial charge is 0.0687 e. The van der Waals surface area contributed by atoms with Crippen LogP contribution in [0.2, 0.25) is 0 Å². The third kappa shape index (κ3) is 4.16. The predicted octanol–water partition coefficient (Wildman–Crippen LogP) is 6.13. The Balaban J connectivity index is 2.30. The second-order valence-electron chi connectivity index (χ2n) is 6.25. The number of benzene rings is 2. The molecule has 0 fully saturated rings. The summed E-state index contributed by atoms with van der Waals surface area (Å²) in [4.78, 5) is 9.68. The SMILES string of the molecule is CC(=Nc1ccccc1C)[C@H](C)C(C)=Nc1c(C)cccc1C. The molecule has 2 nitrogen and oxygen atoms in total. The van der Waals surface area contributed by atoms with Crippen LogP contribution in [-0.2, 0) is 0 Å². The minimum absolute atomic E-state index is 0.216. The van der Waals surface area contributed by atoms with Crippen LogP contribution in [0.5, 0.6) is 0 Å². The van der Waals surface area contributed by atoms with Gasteiger partial charge in [-0.15, -0.1) is 0 Å². The number of para-hydroxylation sites is 2. The van der Waals surface area contributed by atoms with Gasteiger partial charge in [-0.2, -0.15) is 0 Å². The van der Waals surface area contributed by atoms with Crippen LogP contribution in [0.4, 0.5) is 11.4 Å². The van der Waals surface area contributed by atoms with E-state index in [0.717, 1.165) is 22.8 Å². The van der Waals surface area contributed by atoms with Crippen LogP contribution in [0.3, 0.4) is 0 Å². The van der Waals surface area contributed by atoms with Crippen LogP contribution in [0.25, 0.3) is 0 Å². The lowest BCUT2D eigenvalue weighted by atomic mass is 10.0. The Morgan fingerprint density at radius 1 is 0.739 bits per heavy atom. The number of nitrogens with zero attached hydrogens (tertiary/aromatic N) is 2. The van der Waals surface area contributed by atoms with Gasteiger partial charge in [-0.1, -0.05) is 43.3 Å². The van der Waals surface area contributed by atoms with E-state index in [1.54, 1.807) is 0 Å². The van der Waals surface area contributed by atoms with Gasteiger partial charge in [0.05, 0.1) is 11.4 Å². The summed E-state index contributed by atoms with van der Waals surface area (Å²) in [6, 6.07) is 14.5. The predicted molar refractivity (Wildman–Crippen MR) is 102 cm³/mol. The van der Waals surface area contributed by atoms with Crippen LogP contribution in [0.15, 0.2) is 52.4 Å². The van der Waals surface area contributed by atoms with Gasteiger partial charge in [-0.3, -0.25) is 9.98 Å². The lowest BCUT2D eigenvalue weighted by Crippen LogP contribution is -2.16. The van der Waals surface area contributed by atoms with Gasteiger partial charge in [0, 0.05) is 17.3 Å². The maximum Gasteiger partial charge on any atom is 0.0687 e. The number of aliphatic imine (C=N–C) groups is 2.